The number of aliphatic hydroxyl groups is 1. The maximum atomic E-state index is 13.7. The summed E-state index contributed by atoms with van der Waals surface area (Å²) in [5.74, 6) is 0.877. The number of aromatic nitrogens is 4. The molecule has 1 saturated carbocycles. The van der Waals surface area contributed by atoms with Crippen molar-refractivity contribution in [3.05, 3.63) is 24.0 Å². The van der Waals surface area contributed by atoms with Gasteiger partial charge in [-0.25, -0.2) is 24.2 Å². The van der Waals surface area contributed by atoms with Gasteiger partial charge in [0.1, 0.15) is 17.0 Å². The third-order valence-electron chi connectivity index (χ3n) is 6.60. The molecule has 1 aliphatic rings. The van der Waals surface area contributed by atoms with Crippen LogP contribution in [0.5, 0.6) is 6.01 Å². The SMILES string of the molecule is C[C@@H](CCCOc1nccc(N(C(=O)OC(C)(C)C)c2cc([C@H]3CC[C@@H](O)C3)nn2C(C)(C)C)n1)NC(=O)OC(C)(C)C. The van der Waals surface area contributed by atoms with E-state index in [1.165, 1.54) is 11.1 Å². The number of aliphatic hydroxyl groups excluding tert-OH is 1. The topological polar surface area (TPSA) is 141 Å². The Kier molecular flexibility index (Phi) is 10.7. The maximum Gasteiger partial charge on any atom is 0.421 e. The quantitative estimate of drug-likeness (QED) is 0.321. The van der Waals surface area contributed by atoms with Gasteiger partial charge in [-0.15, -0.1) is 0 Å². The van der Waals surface area contributed by atoms with Crippen LogP contribution in [0.1, 0.15) is 113 Å². The summed E-state index contributed by atoms with van der Waals surface area (Å²) in [7, 11) is 0. The van der Waals surface area contributed by atoms with Crippen molar-refractivity contribution >= 4 is 23.8 Å². The molecule has 0 aromatic carbocycles. The van der Waals surface area contributed by atoms with E-state index in [1.807, 2.05) is 75.3 Å². The first-order chi connectivity index (χ1) is 19.8. The molecular formula is C31H50N6O6. The van der Waals surface area contributed by atoms with E-state index in [-0.39, 0.29) is 29.9 Å². The predicted molar refractivity (Wildman–Crippen MR) is 164 cm³/mol. The number of alkyl carbamates (subject to hydrolysis) is 1. The van der Waals surface area contributed by atoms with E-state index in [4.69, 9.17) is 19.3 Å². The number of nitrogens with one attached hydrogen (secondary N) is 1. The van der Waals surface area contributed by atoms with Crippen LogP contribution in [0, 0.1) is 0 Å². The van der Waals surface area contributed by atoms with E-state index in [1.54, 1.807) is 10.7 Å². The van der Waals surface area contributed by atoms with Gasteiger partial charge in [0.25, 0.3) is 0 Å². The molecule has 3 rings (SSSR count). The van der Waals surface area contributed by atoms with Crippen molar-refractivity contribution in [3.63, 3.8) is 0 Å². The molecule has 2 amide bonds. The first-order valence-electron chi connectivity index (χ1n) is 15.1. The van der Waals surface area contributed by atoms with Crippen LogP contribution in [0.2, 0.25) is 0 Å². The van der Waals surface area contributed by atoms with Gasteiger partial charge in [-0.2, -0.15) is 10.1 Å². The standard InChI is InChI=1S/C31H50N6O6/c1-20(33-27(39)42-30(5,6)7)12-11-17-41-26-32-16-15-24(34-26)36(28(40)43-31(8,9)10)25-19-23(21-13-14-22(38)18-21)35-37(25)29(2,3)4/h15-16,19-22,38H,11-14,17-18H2,1-10H3,(H,33,39)/t20-,21-,22+/m0/s1. The van der Waals surface area contributed by atoms with Crippen molar-refractivity contribution in [3.8, 4) is 6.01 Å². The molecule has 12 heteroatoms. The zero-order valence-corrected chi connectivity index (χ0v) is 27.4. The van der Waals surface area contributed by atoms with Crippen LogP contribution >= 0.6 is 0 Å². The molecule has 43 heavy (non-hydrogen) atoms. The molecule has 1 aliphatic carbocycles. The molecule has 2 aromatic rings. The highest BCUT2D eigenvalue weighted by Crippen LogP contribution is 2.38. The smallest absolute Gasteiger partial charge is 0.421 e. The second-order valence-electron chi connectivity index (χ2n) is 14.2. The van der Waals surface area contributed by atoms with Gasteiger partial charge in [-0.3, -0.25) is 0 Å². The minimum Gasteiger partial charge on any atom is -0.463 e. The summed E-state index contributed by atoms with van der Waals surface area (Å²) in [5, 5.41) is 17.9. The number of nitrogens with zero attached hydrogens (tertiary/aromatic N) is 5. The first kappa shape index (κ1) is 34.1. The average Bonchev–Trinajstić information content (AvgIpc) is 3.46. The summed E-state index contributed by atoms with van der Waals surface area (Å²) in [5.41, 5.74) is -0.971. The Bertz CT molecular complexity index is 1240. The van der Waals surface area contributed by atoms with Crippen molar-refractivity contribution in [1.82, 2.24) is 25.1 Å². The van der Waals surface area contributed by atoms with E-state index in [9.17, 15) is 14.7 Å². The van der Waals surface area contributed by atoms with Crippen molar-refractivity contribution < 1.29 is 28.9 Å². The minimum atomic E-state index is -0.753. The highest BCUT2D eigenvalue weighted by atomic mass is 16.6. The molecule has 240 valence electrons. The number of hydrogen-bond donors (Lipinski definition) is 2. The van der Waals surface area contributed by atoms with E-state index in [2.05, 4.69) is 15.3 Å². The second kappa shape index (κ2) is 13.5. The van der Waals surface area contributed by atoms with Gasteiger partial charge in [0.15, 0.2) is 5.82 Å². The summed E-state index contributed by atoms with van der Waals surface area (Å²) in [6.45, 7) is 19.1. The lowest BCUT2D eigenvalue weighted by atomic mass is 10.0. The Balaban J connectivity index is 1.82. The normalized spacial score (nSPS) is 18.2. The van der Waals surface area contributed by atoms with E-state index < -0.39 is 28.9 Å². The lowest BCUT2D eigenvalue weighted by Crippen LogP contribution is -2.37. The van der Waals surface area contributed by atoms with Gasteiger partial charge >= 0.3 is 18.2 Å². The van der Waals surface area contributed by atoms with Gasteiger partial charge in [0, 0.05) is 30.3 Å². The lowest BCUT2D eigenvalue weighted by Gasteiger charge is -2.30. The Morgan fingerprint density at radius 1 is 1.09 bits per heavy atom. The van der Waals surface area contributed by atoms with Gasteiger partial charge in [-0.05, 0) is 101 Å². The molecule has 1 fully saturated rings. The van der Waals surface area contributed by atoms with Crippen molar-refractivity contribution in [1.29, 1.82) is 0 Å². The number of carbonyl (C=O) groups excluding carboxylic acids is 2. The van der Waals surface area contributed by atoms with Crippen molar-refractivity contribution in [2.24, 2.45) is 0 Å². The van der Waals surface area contributed by atoms with E-state index in [0.717, 1.165) is 18.5 Å². The van der Waals surface area contributed by atoms with Crippen LogP contribution in [-0.2, 0) is 15.0 Å². The zero-order valence-electron chi connectivity index (χ0n) is 27.4. The Hall–Kier alpha value is -3.41. The van der Waals surface area contributed by atoms with Crippen LogP contribution in [0.25, 0.3) is 0 Å². The Morgan fingerprint density at radius 3 is 2.35 bits per heavy atom. The van der Waals surface area contributed by atoms with Crippen LogP contribution in [-0.4, -0.2) is 67.0 Å². The lowest BCUT2D eigenvalue weighted by molar-refractivity contribution is 0.0503. The number of amides is 2. The zero-order chi connectivity index (χ0) is 32.2. The monoisotopic (exact) mass is 602 g/mol. The van der Waals surface area contributed by atoms with Crippen LogP contribution < -0.4 is 15.0 Å². The van der Waals surface area contributed by atoms with Gasteiger partial charge < -0.3 is 24.6 Å². The first-order valence-corrected chi connectivity index (χ1v) is 15.1. The van der Waals surface area contributed by atoms with E-state index in [0.29, 0.717) is 31.7 Å². The summed E-state index contributed by atoms with van der Waals surface area (Å²) in [4.78, 5) is 36.0. The minimum absolute atomic E-state index is 0.0920. The Morgan fingerprint density at radius 2 is 1.77 bits per heavy atom. The molecule has 2 N–H and O–H groups in total. The highest BCUT2D eigenvalue weighted by Gasteiger charge is 2.35. The number of rotatable bonds is 9. The average molecular weight is 603 g/mol. The predicted octanol–water partition coefficient (Wildman–Crippen LogP) is 6.20. The maximum absolute atomic E-state index is 13.7. The van der Waals surface area contributed by atoms with E-state index >= 15 is 0 Å². The summed E-state index contributed by atoms with van der Waals surface area (Å²) in [6.07, 6.45) is 3.58. The molecule has 0 spiro atoms. The van der Waals surface area contributed by atoms with Gasteiger partial charge in [-0.1, -0.05) is 0 Å². The molecular weight excluding hydrogens is 552 g/mol. The molecule has 0 aliphatic heterocycles. The molecule has 3 atom stereocenters. The number of anilines is 2. The highest BCUT2D eigenvalue weighted by molar-refractivity contribution is 5.94. The third-order valence-corrected chi connectivity index (χ3v) is 6.60. The summed E-state index contributed by atoms with van der Waals surface area (Å²) in [6, 6.07) is 3.52. The van der Waals surface area contributed by atoms with Gasteiger partial charge in [0.05, 0.1) is 23.9 Å². The van der Waals surface area contributed by atoms with Crippen LogP contribution in [0.15, 0.2) is 18.3 Å². The molecule has 0 saturated heterocycles. The fourth-order valence-corrected chi connectivity index (χ4v) is 4.74. The Labute approximate surface area is 255 Å². The number of carbonyl (C=O) groups is 2. The van der Waals surface area contributed by atoms with Gasteiger partial charge in [0.2, 0.25) is 0 Å². The second-order valence-corrected chi connectivity index (χ2v) is 14.2. The molecule has 2 aromatic heterocycles. The summed E-state index contributed by atoms with van der Waals surface area (Å²) < 4.78 is 18.8. The fourth-order valence-electron chi connectivity index (χ4n) is 4.74. The summed E-state index contributed by atoms with van der Waals surface area (Å²) >= 11 is 0. The van der Waals surface area contributed by atoms with Crippen LogP contribution in [0.4, 0.5) is 21.2 Å². The fraction of sp³-hybridized carbons (Fsp3) is 0.710. The van der Waals surface area contributed by atoms with Crippen LogP contribution in [0.3, 0.4) is 0 Å². The molecule has 2 heterocycles. The number of hydrogen-bond acceptors (Lipinski definition) is 9. The van der Waals surface area contributed by atoms with Crippen molar-refractivity contribution in [2.75, 3.05) is 11.5 Å². The third kappa shape index (κ3) is 10.4. The molecule has 0 radical (unpaired) electrons. The molecule has 0 unspecified atom stereocenters. The largest absolute Gasteiger partial charge is 0.463 e. The number of ether oxygens (including phenoxy) is 3. The molecule has 12 nitrogen and oxygen atoms in total. The molecule has 0 bridgehead atoms. The van der Waals surface area contributed by atoms with Crippen molar-refractivity contribution in [2.45, 2.75) is 136 Å².